The van der Waals surface area contributed by atoms with E-state index in [2.05, 4.69) is 31.5 Å². The van der Waals surface area contributed by atoms with Crippen LogP contribution in [-0.4, -0.2) is 96.0 Å². The fourth-order valence-corrected chi connectivity index (χ4v) is 8.60. The first kappa shape index (κ1) is 41.2. The highest BCUT2D eigenvalue weighted by Gasteiger charge is 2.41. The van der Waals surface area contributed by atoms with E-state index in [9.17, 15) is 24.3 Å². The Kier molecular flexibility index (Phi) is 18.4. The molecule has 0 aromatic carbocycles. The van der Waals surface area contributed by atoms with Crippen molar-refractivity contribution in [1.29, 1.82) is 0 Å². The minimum Gasteiger partial charge on any atom is -0.390 e. The molecule has 0 aromatic heterocycles. The van der Waals surface area contributed by atoms with Crippen molar-refractivity contribution < 1.29 is 24.3 Å². The molecular formula is C39H71N5O5. The second-order valence-electron chi connectivity index (χ2n) is 15.8. The summed E-state index contributed by atoms with van der Waals surface area (Å²) in [5.41, 5.74) is 3.12. The molecule has 0 bridgehead atoms. The van der Waals surface area contributed by atoms with Crippen LogP contribution in [0.3, 0.4) is 0 Å². The van der Waals surface area contributed by atoms with Crippen LogP contribution in [0.15, 0.2) is 0 Å². The number of carbonyl (C=O) groups excluding carboxylic acids is 4. The Bertz CT molecular complexity index is 1010. The zero-order chi connectivity index (χ0) is 35.8. The van der Waals surface area contributed by atoms with Crippen LogP contribution in [0.5, 0.6) is 0 Å². The molecule has 3 aliphatic rings. The number of hydrogen-bond acceptors (Lipinski definition) is 6. The largest absolute Gasteiger partial charge is 0.390 e. The second kappa shape index (κ2) is 21.9. The summed E-state index contributed by atoms with van der Waals surface area (Å²) in [5, 5.41) is 16.9. The molecule has 282 valence electrons. The molecule has 0 aliphatic heterocycles. The Labute approximate surface area is 297 Å². The van der Waals surface area contributed by atoms with Crippen molar-refractivity contribution in [3.8, 4) is 0 Å². The van der Waals surface area contributed by atoms with E-state index in [0.29, 0.717) is 63.6 Å². The third kappa shape index (κ3) is 13.8. The fourth-order valence-electron chi connectivity index (χ4n) is 8.60. The van der Waals surface area contributed by atoms with E-state index >= 15 is 0 Å². The number of hydrazine groups is 1. The lowest BCUT2D eigenvalue weighted by molar-refractivity contribution is -0.143. The van der Waals surface area contributed by atoms with Crippen molar-refractivity contribution in [3.63, 3.8) is 0 Å². The Morgan fingerprint density at radius 3 is 1.82 bits per heavy atom. The van der Waals surface area contributed by atoms with Gasteiger partial charge >= 0.3 is 0 Å². The molecule has 49 heavy (non-hydrogen) atoms. The number of nitrogens with zero attached hydrogens (tertiary/aromatic N) is 3. The molecule has 3 fully saturated rings. The third-order valence-corrected chi connectivity index (χ3v) is 11.3. The second-order valence-corrected chi connectivity index (χ2v) is 15.8. The van der Waals surface area contributed by atoms with Crippen molar-refractivity contribution in [2.45, 2.75) is 155 Å². The van der Waals surface area contributed by atoms with E-state index in [0.717, 1.165) is 64.2 Å². The molecular weight excluding hydrogens is 618 g/mol. The van der Waals surface area contributed by atoms with Gasteiger partial charge in [-0.2, -0.15) is 0 Å². The predicted molar refractivity (Wildman–Crippen MR) is 195 cm³/mol. The van der Waals surface area contributed by atoms with Gasteiger partial charge in [0.1, 0.15) is 0 Å². The van der Waals surface area contributed by atoms with Gasteiger partial charge in [0.15, 0.2) is 0 Å². The fraction of sp³-hybridized carbons (Fsp3) is 0.897. The smallest absolute Gasteiger partial charge is 0.234 e. The summed E-state index contributed by atoms with van der Waals surface area (Å²) in [5.74, 6) is -0.588. The quantitative estimate of drug-likeness (QED) is 0.150. The van der Waals surface area contributed by atoms with Gasteiger partial charge < -0.3 is 20.2 Å². The number of nitrogens with one attached hydrogen (secondary N) is 2. The van der Waals surface area contributed by atoms with Gasteiger partial charge in [-0.3, -0.25) is 24.6 Å². The van der Waals surface area contributed by atoms with Crippen molar-refractivity contribution in [2.24, 2.45) is 29.6 Å². The summed E-state index contributed by atoms with van der Waals surface area (Å²) >= 11 is 0. The van der Waals surface area contributed by atoms with Crippen LogP contribution in [0.2, 0.25) is 0 Å². The van der Waals surface area contributed by atoms with Crippen LogP contribution in [-0.2, 0) is 19.2 Å². The summed E-state index contributed by atoms with van der Waals surface area (Å²) in [6.45, 7) is 8.47. The van der Waals surface area contributed by atoms with Gasteiger partial charge in [0.25, 0.3) is 0 Å². The number of carbonyl (C=O) groups is 4. The van der Waals surface area contributed by atoms with Crippen LogP contribution in [0.25, 0.3) is 0 Å². The third-order valence-electron chi connectivity index (χ3n) is 11.3. The molecule has 0 spiro atoms. The zero-order valence-corrected chi connectivity index (χ0v) is 31.7. The normalized spacial score (nSPS) is 23.4. The molecule has 10 nitrogen and oxygen atoms in total. The molecule has 0 saturated heterocycles. The van der Waals surface area contributed by atoms with Gasteiger partial charge in [-0.15, -0.1) is 0 Å². The minimum absolute atomic E-state index is 0.0118. The van der Waals surface area contributed by atoms with Crippen LogP contribution >= 0.6 is 0 Å². The summed E-state index contributed by atoms with van der Waals surface area (Å²) in [6, 6.07) is -0.481. The molecule has 5 atom stereocenters. The molecule has 0 radical (unpaired) electrons. The number of aliphatic hydroxyl groups is 1. The highest BCUT2D eigenvalue weighted by molar-refractivity contribution is 5.86. The summed E-state index contributed by atoms with van der Waals surface area (Å²) < 4.78 is 0. The van der Waals surface area contributed by atoms with E-state index in [-0.39, 0.29) is 36.1 Å². The first-order chi connectivity index (χ1) is 23.6. The predicted octanol–water partition coefficient (Wildman–Crippen LogP) is 5.68. The molecule has 3 N–H and O–H groups in total. The van der Waals surface area contributed by atoms with Crippen LogP contribution in [0, 0.1) is 29.6 Å². The number of rotatable bonds is 19. The highest BCUT2D eigenvalue weighted by atomic mass is 16.3. The van der Waals surface area contributed by atoms with Crippen molar-refractivity contribution >= 4 is 23.6 Å². The van der Waals surface area contributed by atoms with Crippen molar-refractivity contribution in [2.75, 3.05) is 40.3 Å². The standard InChI is InChI=1S/C39H71N5O5/c1-6-9-22-44(41-36(46)24-30-18-14-11-15-19-30)28-35(45)34(23-29-16-12-10-13-17-29)40-37(47)31-25-32(38(48)42(4)5)27-33(26-31)39(49)43(20-7-2)21-8-3/h29-35,45H,6-28H2,1-5H3,(H,40,47)(H,41,46). The zero-order valence-electron chi connectivity index (χ0n) is 31.7. The number of unbranched alkanes of at least 4 members (excludes halogenated alkanes) is 1. The molecule has 3 aliphatic carbocycles. The van der Waals surface area contributed by atoms with Gasteiger partial charge in [0.2, 0.25) is 23.6 Å². The lowest BCUT2D eigenvalue weighted by atomic mass is 9.73. The van der Waals surface area contributed by atoms with E-state index in [4.69, 9.17) is 0 Å². The summed E-state index contributed by atoms with van der Waals surface area (Å²) in [7, 11) is 3.47. The molecule has 0 aromatic rings. The number of amides is 4. The average Bonchev–Trinajstić information content (AvgIpc) is 3.10. The molecule has 3 saturated carbocycles. The van der Waals surface area contributed by atoms with Crippen LogP contribution in [0.1, 0.15) is 143 Å². The maximum absolute atomic E-state index is 14.2. The first-order valence-corrected chi connectivity index (χ1v) is 20.1. The molecule has 3 rings (SSSR count). The number of aliphatic hydroxyl groups excluding tert-OH is 1. The maximum Gasteiger partial charge on any atom is 0.234 e. The molecule has 10 heteroatoms. The first-order valence-electron chi connectivity index (χ1n) is 20.1. The monoisotopic (exact) mass is 690 g/mol. The SMILES string of the molecule is CCCCN(CC(O)C(CC1CCCCC1)NC(=O)C1CC(C(=O)N(C)C)CC(C(=O)N(CCC)CCC)C1)NC(=O)CC1CCCCC1. The van der Waals surface area contributed by atoms with Gasteiger partial charge in [-0.1, -0.05) is 78.6 Å². The Morgan fingerprint density at radius 2 is 1.27 bits per heavy atom. The lowest BCUT2D eigenvalue weighted by Crippen LogP contribution is -2.55. The minimum atomic E-state index is -0.873. The Morgan fingerprint density at radius 1 is 0.714 bits per heavy atom. The molecule has 5 unspecified atom stereocenters. The summed E-state index contributed by atoms with van der Waals surface area (Å²) in [4.78, 5) is 57.8. The number of hydrogen-bond donors (Lipinski definition) is 3. The van der Waals surface area contributed by atoms with E-state index in [1.165, 1.54) is 25.7 Å². The topological polar surface area (TPSA) is 122 Å². The Balaban J connectivity index is 1.77. The summed E-state index contributed by atoms with van der Waals surface area (Å²) in [6.07, 6.45) is 16.7. The van der Waals surface area contributed by atoms with Crippen molar-refractivity contribution in [1.82, 2.24) is 25.6 Å². The van der Waals surface area contributed by atoms with Crippen LogP contribution < -0.4 is 10.7 Å². The van der Waals surface area contributed by atoms with Crippen molar-refractivity contribution in [3.05, 3.63) is 0 Å². The van der Waals surface area contributed by atoms with Crippen LogP contribution in [0.4, 0.5) is 0 Å². The lowest BCUT2D eigenvalue weighted by Gasteiger charge is -2.38. The molecule has 4 amide bonds. The van der Waals surface area contributed by atoms with Gasteiger partial charge in [-0.25, -0.2) is 5.01 Å². The van der Waals surface area contributed by atoms with Gasteiger partial charge in [0, 0.05) is 64.4 Å². The van der Waals surface area contributed by atoms with E-state index in [1.807, 2.05) is 9.91 Å². The average molecular weight is 690 g/mol. The molecule has 0 heterocycles. The van der Waals surface area contributed by atoms with Gasteiger partial charge in [-0.05, 0) is 69.6 Å². The van der Waals surface area contributed by atoms with E-state index < -0.39 is 24.0 Å². The maximum atomic E-state index is 14.2. The highest BCUT2D eigenvalue weighted by Crippen LogP contribution is 2.36. The van der Waals surface area contributed by atoms with Gasteiger partial charge in [0.05, 0.1) is 12.1 Å². The Hall–Kier alpha value is -2.20. The van der Waals surface area contributed by atoms with E-state index in [1.54, 1.807) is 19.0 Å².